The molecule has 0 unspecified atom stereocenters. The molecule has 0 fully saturated rings. The standard InChI is InChI=1S/C11H12N4O2S/c1-15-11(13-9(16)10(17)14-15)18-6-7-3-2-4-8(12)5-7/h2-5H,6,12H2,1H3,(H,14,17). The highest BCUT2D eigenvalue weighted by Crippen LogP contribution is 2.19. The summed E-state index contributed by atoms with van der Waals surface area (Å²) in [6.07, 6.45) is 0. The second kappa shape index (κ2) is 5.09. The number of rotatable bonds is 3. The number of aromatic nitrogens is 3. The maximum Gasteiger partial charge on any atom is 0.339 e. The van der Waals surface area contributed by atoms with Crippen LogP contribution in [0.1, 0.15) is 5.56 Å². The first-order chi connectivity index (χ1) is 8.56. The number of nitrogens with one attached hydrogen (secondary N) is 1. The molecule has 0 aliphatic heterocycles. The van der Waals surface area contributed by atoms with Gasteiger partial charge in [0, 0.05) is 18.5 Å². The van der Waals surface area contributed by atoms with Gasteiger partial charge in [-0.1, -0.05) is 23.9 Å². The van der Waals surface area contributed by atoms with Gasteiger partial charge in [-0.3, -0.25) is 19.4 Å². The average Bonchev–Trinajstić information content (AvgIpc) is 2.32. The Labute approximate surface area is 107 Å². The molecule has 94 valence electrons. The quantitative estimate of drug-likeness (QED) is 0.474. The van der Waals surface area contributed by atoms with Crippen molar-refractivity contribution in [2.75, 3.05) is 5.73 Å². The minimum absolute atomic E-state index is 0.460. The highest BCUT2D eigenvalue weighted by molar-refractivity contribution is 7.98. The summed E-state index contributed by atoms with van der Waals surface area (Å²) in [6.45, 7) is 0. The molecule has 0 aliphatic carbocycles. The molecule has 18 heavy (non-hydrogen) atoms. The molecule has 0 radical (unpaired) electrons. The zero-order valence-electron chi connectivity index (χ0n) is 9.71. The average molecular weight is 264 g/mol. The molecule has 3 N–H and O–H groups in total. The Morgan fingerprint density at radius 3 is 2.94 bits per heavy atom. The highest BCUT2D eigenvalue weighted by Gasteiger charge is 2.05. The first-order valence-electron chi connectivity index (χ1n) is 5.21. The third-order valence-electron chi connectivity index (χ3n) is 2.27. The molecule has 1 heterocycles. The van der Waals surface area contributed by atoms with E-state index in [1.54, 1.807) is 7.05 Å². The van der Waals surface area contributed by atoms with Gasteiger partial charge >= 0.3 is 11.1 Å². The number of hydrogen-bond donors (Lipinski definition) is 2. The fourth-order valence-corrected chi connectivity index (χ4v) is 2.28. The van der Waals surface area contributed by atoms with Crippen molar-refractivity contribution in [2.24, 2.45) is 7.05 Å². The molecule has 7 heteroatoms. The Bertz CT molecular complexity index is 677. The number of H-pyrrole nitrogens is 1. The number of anilines is 1. The zero-order chi connectivity index (χ0) is 13.1. The van der Waals surface area contributed by atoms with Crippen LogP contribution < -0.4 is 16.9 Å². The fraction of sp³-hybridized carbons (Fsp3) is 0.182. The van der Waals surface area contributed by atoms with Gasteiger partial charge < -0.3 is 5.73 Å². The van der Waals surface area contributed by atoms with Crippen LogP contribution in [0.4, 0.5) is 5.69 Å². The van der Waals surface area contributed by atoms with Crippen molar-refractivity contribution in [1.82, 2.24) is 14.8 Å². The minimum atomic E-state index is -0.775. The van der Waals surface area contributed by atoms with Crippen molar-refractivity contribution in [3.8, 4) is 0 Å². The van der Waals surface area contributed by atoms with Crippen LogP contribution in [-0.4, -0.2) is 14.8 Å². The van der Waals surface area contributed by atoms with Gasteiger partial charge in [0.15, 0.2) is 5.16 Å². The molecule has 6 nitrogen and oxygen atoms in total. The van der Waals surface area contributed by atoms with Crippen molar-refractivity contribution in [1.29, 1.82) is 0 Å². The molecular formula is C11H12N4O2S. The first-order valence-corrected chi connectivity index (χ1v) is 6.19. The van der Waals surface area contributed by atoms with E-state index in [9.17, 15) is 9.59 Å². The van der Waals surface area contributed by atoms with Crippen molar-refractivity contribution in [3.05, 3.63) is 50.5 Å². The Balaban J connectivity index is 2.18. The van der Waals surface area contributed by atoms with Crippen LogP contribution in [0, 0.1) is 0 Å². The van der Waals surface area contributed by atoms with Crippen LogP contribution in [-0.2, 0) is 12.8 Å². The summed E-state index contributed by atoms with van der Waals surface area (Å²) in [4.78, 5) is 25.9. The lowest BCUT2D eigenvalue weighted by Crippen LogP contribution is -2.33. The SMILES string of the molecule is Cn1[nH]c(=O)c(=O)nc1SCc1cccc(N)c1. The molecule has 0 aliphatic rings. The van der Waals surface area contributed by atoms with Crippen LogP contribution in [0.3, 0.4) is 0 Å². The monoisotopic (exact) mass is 264 g/mol. The number of benzene rings is 1. The topological polar surface area (TPSA) is 93.8 Å². The Kier molecular flexibility index (Phi) is 3.52. The number of hydrogen-bond acceptors (Lipinski definition) is 5. The maximum atomic E-state index is 11.2. The van der Waals surface area contributed by atoms with Crippen LogP contribution in [0.15, 0.2) is 39.0 Å². The van der Waals surface area contributed by atoms with Crippen LogP contribution in [0.5, 0.6) is 0 Å². The van der Waals surface area contributed by atoms with Crippen LogP contribution >= 0.6 is 11.8 Å². The highest BCUT2D eigenvalue weighted by atomic mass is 32.2. The van der Waals surface area contributed by atoms with Gasteiger partial charge in [-0.05, 0) is 17.7 Å². The number of nitrogens with zero attached hydrogens (tertiary/aromatic N) is 2. The van der Waals surface area contributed by atoms with E-state index in [4.69, 9.17) is 5.73 Å². The summed E-state index contributed by atoms with van der Waals surface area (Å²) >= 11 is 1.36. The van der Waals surface area contributed by atoms with Crippen molar-refractivity contribution in [2.45, 2.75) is 10.9 Å². The molecule has 0 spiro atoms. The molecule has 0 bridgehead atoms. The normalized spacial score (nSPS) is 10.5. The summed E-state index contributed by atoms with van der Waals surface area (Å²) in [5.41, 5.74) is 5.90. The molecule has 0 saturated carbocycles. The number of nitrogens with two attached hydrogens (primary N) is 1. The molecule has 1 aromatic heterocycles. The lowest BCUT2D eigenvalue weighted by atomic mass is 10.2. The molecular weight excluding hydrogens is 252 g/mol. The second-order valence-corrected chi connectivity index (χ2v) is 4.68. The maximum absolute atomic E-state index is 11.2. The largest absolute Gasteiger partial charge is 0.399 e. The number of aryl methyl sites for hydroxylation is 1. The van der Waals surface area contributed by atoms with Gasteiger partial charge in [-0.15, -0.1) is 0 Å². The van der Waals surface area contributed by atoms with E-state index >= 15 is 0 Å². The predicted octanol–water partition coefficient (Wildman–Crippen LogP) is 0.343. The smallest absolute Gasteiger partial charge is 0.339 e. The number of nitrogen functional groups attached to an aromatic ring is 1. The number of thioether (sulfide) groups is 1. The molecule has 2 rings (SSSR count). The third-order valence-corrected chi connectivity index (χ3v) is 3.37. The van der Waals surface area contributed by atoms with Gasteiger partial charge in [0.25, 0.3) is 0 Å². The minimum Gasteiger partial charge on any atom is -0.399 e. The zero-order valence-corrected chi connectivity index (χ0v) is 10.5. The molecule has 0 atom stereocenters. The summed E-state index contributed by atoms with van der Waals surface area (Å²) in [6, 6.07) is 7.47. The van der Waals surface area contributed by atoms with E-state index < -0.39 is 11.1 Å². The molecule has 0 amide bonds. The lowest BCUT2D eigenvalue weighted by Gasteiger charge is -2.06. The lowest BCUT2D eigenvalue weighted by molar-refractivity contribution is 0.596. The van der Waals surface area contributed by atoms with E-state index in [1.807, 2.05) is 24.3 Å². The van der Waals surface area contributed by atoms with Crippen LogP contribution in [0.25, 0.3) is 0 Å². The second-order valence-electron chi connectivity index (χ2n) is 3.73. The third kappa shape index (κ3) is 2.80. The van der Waals surface area contributed by atoms with E-state index in [2.05, 4.69) is 10.1 Å². The van der Waals surface area contributed by atoms with E-state index in [0.29, 0.717) is 16.6 Å². The van der Waals surface area contributed by atoms with Gasteiger partial charge in [0.05, 0.1) is 0 Å². The number of aromatic amines is 1. The summed E-state index contributed by atoms with van der Waals surface area (Å²) in [5, 5.41) is 2.86. The Morgan fingerprint density at radius 1 is 1.44 bits per heavy atom. The predicted molar refractivity (Wildman–Crippen MR) is 70.5 cm³/mol. The molecule has 0 saturated heterocycles. The Morgan fingerprint density at radius 2 is 2.22 bits per heavy atom. The van der Waals surface area contributed by atoms with Gasteiger partial charge in [0.2, 0.25) is 0 Å². The Hall–Kier alpha value is -2.02. The van der Waals surface area contributed by atoms with Gasteiger partial charge in [-0.25, -0.2) is 0 Å². The van der Waals surface area contributed by atoms with Gasteiger partial charge in [0.1, 0.15) is 0 Å². The first kappa shape index (κ1) is 12.4. The fourth-order valence-electron chi connectivity index (χ4n) is 1.42. The summed E-state index contributed by atoms with van der Waals surface area (Å²) < 4.78 is 1.43. The molecule has 2 aromatic rings. The van der Waals surface area contributed by atoms with E-state index in [1.165, 1.54) is 16.4 Å². The summed E-state index contributed by atoms with van der Waals surface area (Å²) in [5.74, 6) is 0.622. The van der Waals surface area contributed by atoms with Crippen molar-refractivity contribution in [3.63, 3.8) is 0 Å². The van der Waals surface area contributed by atoms with Gasteiger partial charge in [-0.2, -0.15) is 4.98 Å². The van der Waals surface area contributed by atoms with Crippen molar-refractivity contribution >= 4 is 17.4 Å². The molecule has 1 aromatic carbocycles. The summed E-state index contributed by atoms with van der Waals surface area (Å²) in [7, 11) is 1.63. The van der Waals surface area contributed by atoms with E-state index in [0.717, 1.165) is 5.56 Å². The van der Waals surface area contributed by atoms with E-state index in [-0.39, 0.29) is 0 Å². The van der Waals surface area contributed by atoms with Crippen LogP contribution in [0.2, 0.25) is 0 Å². The van der Waals surface area contributed by atoms with Crippen molar-refractivity contribution < 1.29 is 0 Å².